The molecule has 0 saturated heterocycles. The Balaban J connectivity index is 1.87. The second-order valence-corrected chi connectivity index (χ2v) is 6.13. The Bertz CT molecular complexity index is 564. The topological polar surface area (TPSA) is 24.9 Å². The molecule has 1 atom stereocenters. The molecule has 1 fully saturated rings. The number of nitrogens with one attached hydrogen (secondary N) is 1. The van der Waals surface area contributed by atoms with Gasteiger partial charge in [0.1, 0.15) is 0 Å². The molecule has 3 rings (SSSR count). The van der Waals surface area contributed by atoms with Gasteiger partial charge in [0.2, 0.25) is 0 Å². The summed E-state index contributed by atoms with van der Waals surface area (Å²) in [6.45, 7) is 0. The Morgan fingerprint density at radius 3 is 2.48 bits per heavy atom. The SMILES string of the molecule is Clc1ncccc1NC(c1ccccc1)C1CCCCC1. The number of hydrogen-bond acceptors (Lipinski definition) is 2. The summed E-state index contributed by atoms with van der Waals surface area (Å²) in [6, 6.07) is 14.9. The van der Waals surface area contributed by atoms with Gasteiger partial charge in [0.05, 0.1) is 11.7 Å². The molecule has 3 heteroatoms. The average Bonchev–Trinajstić information content (AvgIpc) is 2.56. The van der Waals surface area contributed by atoms with Crippen LogP contribution in [-0.2, 0) is 0 Å². The van der Waals surface area contributed by atoms with E-state index in [0.717, 1.165) is 5.69 Å². The summed E-state index contributed by atoms with van der Waals surface area (Å²) in [7, 11) is 0. The highest BCUT2D eigenvalue weighted by atomic mass is 35.5. The highest BCUT2D eigenvalue weighted by Gasteiger charge is 2.25. The number of hydrogen-bond donors (Lipinski definition) is 1. The minimum absolute atomic E-state index is 0.313. The quantitative estimate of drug-likeness (QED) is 0.757. The van der Waals surface area contributed by atoms with Gasteiger partial charge < -0.3 is 5.32 Å². The van der Waals surface area contributed by atoms with E-state index < -0.39 is 0 Å². The summed E-state index contributed by atoms with van der Waals surface area (Å²) in [5.74, 6) is 0.664. The number of benzene rings is 1. The molecular formula is C18H21ClN2. The van der Waals surface area contributed by atoms with Crippen LogP contribution in [0, 0.1) is 5.92 Å². The largest absolute Gasteiger partial charge is 0.375 e. The lowest BCUT2D eigenvalue weighted by Gasteiger charge is -2.32. The standard InChI is InChI=1S/C18H21ClN2/c19-18-16(12-7-13-20-18)21-17(14-8-3-1-4-9-14)15-10-5-2-6-11-15/h1,3-4,7-9,12-13,15,17,21H,2,5-6,10-11H2. The molecular weight excluding hydrogens is 280 g/mol. The summed E-state index contributed by atoms with van der Waals surface area (Å²) < 4.78 is 0. The number of halogens is 1. The Morgan fingerprint density at radius 2 is 1.76 bits per heavy atom. The summed E-state index contributed by atoms with van der Waals surface area (Å²) in [4.78, 5) is 4.17. The molecule has 1 N–H and O–H groups in total. The highest BCUT2D eigenvalue weighted by molar-refractivity contribution is 6.31. The average molecular weight is 301 g/mol. The Hall–Kier alpha value is -1.54. The van der Waals surface area contributed by atoms with E-state index in [1.165, 1.54) is 37.7 Å². The third kappa shape index (κ3) is 3.56. The first kappa shape index (κ1) is 14.4. The fourth-order valence-electron chi connectivity index (χ4n) is 3.26. The lowest BCUT2D eigenvalue weighted by Crippen LogP contribution is -2.23. The van der Waals surface area contributed by atoms with Crippen LogP contribution in [0.2, 0.25) is 5.15 Å². The summed E-state index contributed by atoms with van der Waals surface area (Å²) in [5, 5.41) is 4.19. The molecule has 0 radical (unpaired) electrons. The number of anilines is 1. The van der Waals surface area contributed by atoms with Gasteiger partial charge in [-0.25, -0.2) is 4.98 Å². The van der Waals surface area contributed by atoms with Crippen LogP contribution >= 0.6 is 11.6 Å². The molecule has 0 spiro atoms. The molecule has 110 valence electrons. The van der Waals surface area contributed by atoms with E-state index in [9.17, 15) is 0 Å². The first-order chi connectivity index (χ1) is 10.3. The van der Waals surface area contributed by atoms with Crippen LogP contribution in [0.1, 0.15) is 43.7 Å². The molecule has 1 heterocycles. The first-order valence-electron chi connectivity index (χ1n) is 7.76. The van der Waals surface area contributed by atoms with Gasteiger partial charge in [0.15, 0.2) is 5.15 Å². The van der Waals surface area contributed by atoms with Crippen LogP contribution in [0.3, 0.4) is 0 Å². The van der Waals surface area contributed by atoms with Crippen molar-refractivity contribution in [1.29, 1.82) is 0 Å². The maximum Gasteiger partial charge on any atom is 0.152 e. The third-order valence-corrected chi connectivity index (χ3v) is 4.65. The van der Waals surface area contributed by atoms with Crippen molar-refractivity contribution < 1.29 is 0 Å². The van der Waals surface area contributed by atoms with Crippen molar-refractivity contribution in [2.24, 2.45) is 5.92 Å². The zero-order valence-electron chi connectivity index (χ0n) is 12.1. The van der Waals surface area contributed by atoms with Crippen LogP contribution in [0.15, 0.2) is 48.7 Å². The molecule has 2 aromatic rings. The first-order valence-corrected chi connectivity index (χ1v) is 8.14. The summed E-state index contributed by atoms with van der Waals surface area (Å²) >= 11 is 6.22. The van der Waals surface area contributed by atoms with E-state index in [0.29, 0.717) is 17.1 Å². The number of pyridine rings is 1. The summed E-state index contributed by atoms with van der Waals surface area (Å²) in [6.07, 6.45) is 8.32. The second kappa shape index (κ2) is 6.95. The number of rotatable bonds is 4. The van der Waals surface area contributed by atoms with Crippen LogP contribution in [-0.4, -0.2) is 4.98 Å². The zero-order chi connectivity index (χ0) is 14.5. The van der Waals surface area contributed by atoms with Crippen molar-refractivity contribution in [3.05, 3.63) is 59.4 Å². The van der Waals surface area contributed by atoms with Crippen molar-refractivity contribution >= 4 is 17.3 Å². The molecule has 1 saturated carbocycles. The normalized spacial score (nSPS) is 17.4. The summed E-state index contributed by atoms with van der Waals surface area (Å²) in [5.41, 5.74) is 2.27. The van der Waals surface area contributed by atoms with E-state index in [1.54, 1.807) is 6.20 Å². The van der Waals surface area contributed by atoms with E-state index in [1.807, 2.05) is 12.1 Å². The predicted molar refractivity (Wildman–Crippen MR) is 88.6 cm³/mol. The lowest BCUT2D eigenvalue weighted by atomic mass is 9.81. The molecule has 2 nitrogen and oxygen atoms in total. The maximum atomic E-state index is 6.22. The molecule has 21 heavy (non-hydrogen) atoms. The predicted octanol–water partition coefficient (Wildman–Crippen LogP) is 5.47. The Labute approximate surface area is 131 Å². The van der Waals surface area contributed by atoms with Crippen molar-refractivity contribution in [3.63, 3.8) is 0 Å². The molecule has 0 aliphatic heterocycles. The number of aromatic nitrogens is 1. The molecule has 1 aromatic carbocycles. The van der Waals surface area contributed by atoms with Gasteiger partial charge in [-0.1, -0.05) is 61.2 Å². The van der Waals surface area contributed by atoms with Gasteiger partial charge in [-0.15, -0.1) is 0 Å². The second-order valence-electron chi connectivity index (χ2n) is 5.77. The van der Waals surface area contributed by atoms with Crippen LogP contribution in [0.4, 0.5) is 5.69 Å². The van der Waals surface area contributed by atoms with E-state index in [2.05, 4.69) is 40.6 Å². The third-order valence-electron chi connectivity index (χ3n) is 4.35. The zero-order valence-corrected chi connectivity index (χ0v) is 12.9. The van der Waals surface area contributed by atoms with Crippen molar-refractivity contribution in [2.75, 3.05) is 5.32 Å². The van der Waals surface area contributed by atoms with Crippen LogP contribution < -0.4 is 5.32 Å². The molecule has 1 aromatic heterocycles. The van der Waals surface area contributed by atoms with E-state index in [-0.39, 0.29) is 0 Å². The maximum absolute atomic E-state index is 6.22. The van der Waals surface area contributed by atoms with E-state index in [4.69, 9.17) is 11.6 Å². The van der Waals surface area contributed by atoms with Crippen molar-refractivity contribution in [2.45, 2.75) is 38.1 Å². The minimum atomic E-state index is 0.313. The van der Waals surface area contributed by atoms with Gasteiger partial charge in [0.25, 0.3) is 0 Å². The smallest absolute Gasteiger partial charge is 0.152 e. The Morgan fingerprint density at radius 1 is 1.00 bits per heavy atom. The molecule has 1 aliphatic carbocycles. The molecule has 1 unspecified atom stereocenters. The van der Waals surface area contributed by atoms with Crippen LogP contribution in [0.5, 0.6) is 0 Å². The van der Waals surface area contributed by atoms with E-state index >= 15 is 0 Å². The van der Waals surface area contributed by atoms with Gasteiger partial charge >= 0.3 is 0 Å². The Kier molecular flexibility index (Phi) is 4.76. The molecule has 0 bridgehead atoms. The van der Waals surface area contributed by atoms with Gasteiger partial charge in [-0.2, -0.15) is 0 Å². The van der Waals surface area contributed by atoms with Gasteiger partial charge in [0, 0.05) is 6.20 Å². The van der Waals surface area contributed by atoms with Crippen molar-refractivity contribution in [3.8, 4) is 0 Å². The minimum Gasteiger partial charge on any atom is -0.375 e. The van der Waals surface area contributed by atoms with Gasteiger partial charge in [-0.3, -0.25) is 0 Å². The fourth-order valence-corrected chi connectivity index (χ4v) is 3.44. The van der Waals surface area contributed by atoms with Crippen LogP contribution in [0.25, 0.3) is 0 Å². The molecule has 1 aliphatic rings. The van der Waals surface area contributed by atoms with Gasteiger partial charge in [-0.05, 0) is 36.5 Å². The monoisotopic (exact) mass is 300 g/mol. The number of nitrogens with zero attached hydrogens (tertiary/aromatic N) is 1. The lowest BCUT2D eigenvalue weighted by molar-refractivity contribution is 0.321. The highest BCUT2D eigenvalue weighted by Crippen LogP contribution is 2.37. The van der Waals surface area contributed by atoms with Crippen molar-refractivity contribution in [1.82, 2.24) is 4.98 Å². The molecule has 0 amide bonds. The fraction of sp³-hybridized carbons (Fsp3) is 0.389.